The molecule has 1 heterocycles. The molecule has 0 saturated heterocycles. The smallest absolute Gasteiger partial charge is 0.165 e. The highest BCUT2D eigenvalue weighted by molar-refractivity contribution is 5.46. The molecule has 0 spiro atoms. The first-order chi connectivity index (χ1) is 9.74. The number of nitrogens with zero attached hydrogens (tertiary/aromatic N) is 2. The SMILES string of the molecule is COc1cccc(CN(C)Cc2ccncc2)c1OC. The first-order valence-corrected chi connectivity index (χ1v) is 6.52. The topological polar surface area (TPSA) is 34.6 Å². The predicted octanol–water partition coefficient (Wildman–Crippen LogP) is 2.73. The molecule has 4 heteroatoms. The summed E-state index contributed by atoms with van der Waals surface area (Å²) < 4.78 is 10.8. The van der Waals surface area contributed by atoms with E-state index in [2.05, 4.69) is 23.0 Å². The summed E-state index contributed by atoms with van der Waals surface area (Å²) in [4.78, 5) is 6.26. The Labute approximate surface area is 120 Å². The lowest BCUT2D eigenvalue weighted by Crippen LogP contribution is -2.17. The van der Waals surface area contributed by atoms with Crippen LogP contribution >= 0.6 is 0 Å². The third-order valence-corrected chi connectivity index (χ3v) is 3.13. The molecule has 106 valence electrons. The van der Waals surface area contributed by atoms with Crippen molar-refractivity contribution < 1.29 is 9.47 Å². The summed E-state index contributed by atoms with van der Waals surface area (Å²) in [5, 5.41) is 0. The maximum Gasteiger partial charge on any atom is 0.165 e. The average Bonchev–Trinajstić information content (AvgIpc) is 2.47. The Morgan fingerprint density at radius 2 is 1.75 bits per heavy atom. The van der Waals surface area contributed by atoms with Gasteiger partial charge in [-0.05, 0) is 30.8 Å². The van der Waals surface area contributed by atoms with Crippen molar-refractivity contribution in [2.75, 3.05) is 21.3 Å². The van der Waals surface area contributed by atoms with Gasteiger partial charge in [0.25, 0.3) is 0 Å². The number of aromatic nitrogens is 1. The Bertz CT molecular complexity index is 543. The summed E-state index contributed by atoms with van der Waals surface area (Å²) >= 11 is 0. The molecule has 4 nitrogen and oxygen atoms in total. The average molecular weight is 272 g/mol. The molecule has 0 aliphatic heterocycles. The number of methoxy groups -OCH3 is 2. The Morgan fingerprint density at radius 3 is 2.40 bits per heavy atom. The van der Waals surface area contributed by atoms with E-state index in [4.69, 9.17) is 9.47 Å². The predicted molar refractivity (Wildman–Crippen MR) is 79.0 cm³/mol. The van der Waals surface area contributed by atoms with Crippen LogP contribution in [0, 0.1) is 0 Å². The molecule has 0 unspecified atom stereocenters. The zero-order chi connectivity index (χ0) is 14.4. The maximum atomic E-state index is 5.46. The molecule has 2 aromatic rings. The summed E-state index contributed by atoms with van der Waals surface area (Å²) in [7, 11) is 5.41. The lowest BCUT2D eigenvalue weighted by atomic mass is 10.1. The highest BCUT2D eigenvalue weighted by atomic mass is 16.5. The molecule has 0 amide bonds. The van der Waals surface area contributed by atoms with Gasteiger partial charge in [-0.25, -0.2) is 0 Å². The second kappa shape index (κ2) is 6.91. The van der Waals surface area contributed by atoms with Gasteiger partial charge in [0.05, 0.1) is 14.2 Å². The monoisotopic (exact) mass is 272 g/mol. The van der Waals surface area contributed by atoms with Crippen LogP contribution in [0.2, 0.25) is 0 Å². The van der Waals surface area contributed by atoms with E-state index < -0.39 is 0 Å². The zero-order valence-electron chi connectivity index (χ0n) is 12.2. The Morgan fingerprint density at radius 1 is 1.00 bits per heavy atom. The van der Waals surface area contributed by atoms with Gasteiger partial charge >= 0.3 is 0 Å². The van der Waals surface area contributed by atoms with Crippen molar-refractivity contribution in [2.24, 2.45) is 0 Å². The number of ether oxygens (including phenoxy) is 2. The van der Waals surface area contributed by atoms with E-state index in [0.717, 1.165) is 30.2 Å². The van der Waals surface area contributed by atoms with Gasteiger partial charge in [-0.2, -0.15) is 0 Å². The highest BCUT2D eigenvalue weighted by Gasteiger charge is 2.11. The molecule has 1 aromatic carbocycles. The fourth-order valence-electron chi connectivity index (χ4n) is 2.22. The molecule has 0 fully saturated rings. The van der Waals surface area contributed by atoms with Gasteiger partial charge in [0.2, 0.25) is 0 Å². The second-order valence-corrected chi connectivity index (χ2v) is 4.68. The Kier molecular flexibility index (Phi) is 4.96. The number of para-hydroxylation sites is 1. The van der Waals surface area contributed by atoms with Crippen molar-refractivity contribution in [1.82, 2.24) is 9.88 Å². The third-order valence-electron chi connectivity index (χ3n) is 3.13. The van der Waals surface area contributed by atoms with Crippen LogP contribution in [-0.2, 0) is 13.1 Å². The summed E-state index contributed by atoms with van der Waals surface area (Å²) in [5.41, 5.74) is 2.35. The third kappa shape index (κ3) is 3.48. The van der Waals surface area contributed by atoms with Crippen molar-refractivity contribution >= 4 is 0 Å². The summed E-state index contributed by atoms with van der Waals surface area (Å²) in [5.74, 6) is 1.57. The molecule has 0 bridgehead atoms. The van der Waals surface area contributed by atoms with E-state index in [9.17, 15) is 0 Å². The molecule has 1 aromatic heterocycles. The second-order valence-electron chi connectivity index (χ2n) is 4.68. The fourth-order valence-corrected chi connectivity index (χ4v) is 2.22. The maximum absolute atomic E-state index is 5.46. The van der Waals surface area contributed by atoms with E-state index in [1.165, 1.54) is 5.56 Å². The Balaban J connectivity index is 2.09. The van der Waals surface area contributed by atoms with Crippen LogP contribution in [0.3, 0.4) is 0 Å². The van der Waals surface area contributed by atoms with E-state index in [1.807, 2.05) is 36.7 Å². The van der Waals surface area contributed by atoms with Gasteiger partial charge in [-0.3, -0.25) is 9.88 Å². The first kappa shape index (κ1) is 14.3. The lowest BCUT2D eigenvalue weighted by molar-refractivity contribution is 0.303. The van der Waals surface area contributed by atoms with Crippen molar-refractivity contribution in [1.29, 1.82) is 0 Å². The normalized spacial score (nSPS) is 10.6. The van der Waals surface area contributed by atoms with E-state index in [-0.39, 0.29) is 0 Å². The molecule has 20 heavy (non-hydrogen) atoms. The number of benzene rings is 1. The minimum atomic E-state index is 0.766. The van der Waals surface area contributed by atoms with Crippen LogP contribution in [0.4, 0.5) is 0 Å². The van der Waals surface area contributed by atoms with Crippen LogP contribution in [-0.4, -0.2) is 31.2 Å². The summed E-state index contributed by atoms with van der Waals surface area (Å²) in [6.45, 7) is 1.66. The Hall–Kier alpha value is -2.07. The molecule has 0 saturated carbocycles. The van der Waals surface area contributed by atoms with Crippen LogP contribution < -0.4 is 9.47 Å². The molecule has 2 rings (SSSR count). The van der Waals surface area contributed by atoms with E-state index in [0.29, 0.717) is 0 Å². The fraction of sp³-hybridized carbons (Fsp3) is 0.312. The molecule has 0 atom stereocenters. The van der Waals surface area contributed by atoms with Gasteiger partial charge in [-0.1, -0.05) is 12.1 Å². The van der Waals surface area contributed by atoms with Gasteiger partial charge in [0.15, 0.2) is 11.5 Å². The molecule has 0 radical (unpaired) electrons. The van der Waals surface area contributed by atoms with Crippen molar-refractivity contribution in [3.05, 3.63) is 53.9 Å². The van der Waals surface area contributed by atoms with Gasteiger partial charge < -0.3 is 9.47 Å². The highest BCUT2D eigenvalue weighted by Crippen LogP contribution is 2.31. The van der Waals surface area contributed by atoms with E-state index >= 15 is 0 Å². The molecular weight excluding hydrogens is 252 g/mol. The van der Waals surface area contributed by atoms with Crippen LogP contribution in [0.25, 0.3) is 0 Å². The zero-order valence-corrected chi connectivity index (χ0v) is 12.2. The van der Waals surface area contributed by atoms with Crippen molar-refractivity contribution in [3.63, 3.8) is 0 Å². The largest absolute Gasteiger partial charge is 0.493 e. The minimum Gasteiger partial charge on any atom is -0.493 e. The number of rotatable bonds is 6. The van der Waals surface area contributed by atoms with Crippen molar-refractivity contribution in [3.8, 4) is 11.5 Å². The van der Waals surface area contributed by atoms with Crippen LogP contribution in [0.1, 0.15) is 11.1 Å². The summed E-state index contributed by atoms with van der Waals surface area (Å²) in [6.07, 6.45) is 3.63. The van der Waals surface area contributed by atoms with Gasteiger partial charge in [0.1, 0.15) is 0 Å². The number of pyridine rings is 1. The van der Waals surface area contributed by atoms with Crippen LogP contribution in [0.5, 0.6) is 11.5 Å². The molecule has 0 aliphatic rings. The standard InChI is InChI=1S/C16H20N2O2/c1-18(11-13-7-9-17-10-8-13)12-14-5-4-6-15(19-2)16(14)20-3/h4-10H,11-12H2,1-3H3. The first-order valence-electron chi connectivity index (χ1n) is 6.52. The lowest BCUT2D eigenvalue weighted by Gasteiger charge is -2.19. The molecule has 0 N–H and O–H groups in total. The van der Waals surface area contributed by atoms with E-state index in [1.54, 1.807) is 14.2 Å². The number of hydrogen-bond donors (Lipinski definition) is 0. The van der Waals surface area contributed by atoms with Crippen molar-refractivity contribution in [2.45, 2.75) is 13.1 Å². The minimum absolute atomic E-state index is 0.766. The summed E-state index contributed by atoms with van der Waals surface area (Å²) in [6, 6.07) is 10.0. The van der Waals surface area contributed by atoms with Gasteiger partial charge in [0, 0.05) is 31.0 Å². The molecule has 0 aliphatic carbocycles. The van der Waals surface area contributed by atoms with Gasteiger partial charge in [-0.15, -0.1) is 0 Å². The number of hydrogen-bond acceptors (Lipinski definition) is 4. The van der Waals surface area contributed by atoms with Crippen LogP contribution in [0.15, 0.2) is 42.7 Å². The molecular formula is C16H20N2O2. The quantitative estimate of drug-likeness (QED) is 0.810.